The van der Waals surface area contributed by atoms with Crippen LogP contribution in [0.4, 0.5) is 4.39 Å². The maximum Gasteiger partial charge on any atom is 0.178 e. The van der Waals surface area contributed by atoms with E-state index < -0.39 is 22.6 Å². The van der Waals surface area contributed by atoms with Gasteiger partial charge in [-0.3, -0.25) is 9.59 Å². The maximum atomic E-state index is 16.7. The lowest BCUT2D eigenvalue weighted by molar-refractivity contribution is -0.185. The van der Waals surface area contributed by atoms with E-state index in [4.69, 9.17) is 11.6 Å². The number of allylic oxidation sites excluding steroid dienone is 6. The van der Waals surface area contributed by atoms with Crippen LogP contribution < -0.4 is 0 Å². The molecule has 4 rings (SSSR count). The molecule has 0 aromatic heterocycles. The zero-order valence-corrected chi connectivity index (χ0v) is 15.9. The van der Waals surface area contributed by atoms with Gasteiger partial charge in [0, 0.05) is 16.7 Å². The van der Waals surface area contributed by atoms with Gasteiger partial charge < -0.3 is 5.11 Å². The first-order valence-corrected chi connectivity index (χ1v) is 9.83. The number of rotatable bonds is 2. The number of hydrogen-bond acceptors (Lipinski definition) is 3. The smallest absolute Gasteiger partial charge is 0.178 e. The van der Waals surface area contributed by atoms with Gasteiger partial charge in [0.25, 0.3) is 0 Å². The predicted molar refractivity (Wildman–Crippen MR) is 97.5 cm³/mol. The summed E-state index contributed by atoms with van der Waals surface area (Å²) in [7, 11) is 0. The van der Waals surface area contributed by atoms with Gasteiger partial charge in [0.05, 0.1) is 12.0 Å². The van der Waals surface area contributed by atoms with Gasteiger partial charge in [-0.2, -0.15) is 0 Å². The summed E-state index contributed by atoms with van der Waals surface area (Å²) in [5.74, 6) is -0.741. The van der Waals surface area contributed by atoms with E-state index in [1.54, 1.807) is 13.0 Å². The molecule has 0 aliphatic heterocycles. The summed E-state index contributed by atoms with van der Waals surface area (Å²) < 4.78 is 16.7. The molecule has 0 amide bonds. The van der Waals surface area contributed by atoms with Gasteiger partial charge in [-0.15, -0.1) is 11.6 Å². The third-order valence-electron chi connectivity index (χ3n) is 7.64. The predicted octanol–water partition coefficient (Wildman–Crippen LogP) is 3.70. The van der Waals surface area contributed by atoms with Crippen molar-refractivity contribution in [3.05, 3.63) is 35.5 Å². The number of hydrogen-bond donors (Lipinski definition) is 1. The Balaban J connectivity index is 1.79. The molecule has 26 heavy (non-hydrogen) atoms. The van der Waals surface area contributed by atoms with Gasteiger partial charge in [-0.1, -0.05) is 24.6 Å². The molecule has 0 aromatic rings. The van der Waals surface area contributed by atoms with Crippen LogP contribution in [-0.2, 0) is 9.59 Å². The Labute approximate surface area is 158 Å². The zero-order chi connectivity index (χ0) is 18.9. The number of aliphatic hydroxyl groups is 1. The van der Waals surface area contributed by atoms with Crippen LogP contribution >= 0.6 is 11.6 Å². The fourth-order valence-corrected chi connectivity index (χ4v) is 6.43. The maximum absolute atomic E-state index is 16.7. The fourth-order valence-electron chi connectivity index (χ4n) is 6.29. The molecule has 0 radical (unpaired) electrons. The third-order valence-corrected chi connectivity index (χ3v) is 7.89. The molecule has 2 fully saturated rings. The first-order valence-electron chi connectivity index (χ1n) is 9.29. The van der Waals surface area contributed by atoms with E-state index in [9.17, 15) is 14.7 Å². The van der Waals surface area contributed by atoms with Gasteiger partial charge in [-0.25, -0.2) is 4.39 Å². The third kappa shape index (κ3) is 2.03. The van der Waals surface area contributed by atoms with Gasteiger partial charge in [0.15, 0.2) is 17.2 Å². The normalized spacial score (nSPS) is 46.8. The van der Waals surface area contributed by atoms with Crippen LogP contribution in [0.3, 0.4) is 0 Å². The molecule has 4 aliphatic carbocycles. The first-order chi connectivity index (χ1) is 12.2. The zero-order valence-electron chi connectivity index (χ0n) is 15.1. The van der Waals surface area contributed by atoms with E-state index >= 15 is 4.39 Å². The Bertz CT molecular complexity index is 784. The summed E-state index contributed by atoms with van der Waals surface area (Å²) in [6.07, 6.45) is 7.35. The highest BCUT2D eigenvalue weighted by Crippen LogP contribution is 2.67. The molecule has 0 spiro atoms. The van der Waals surface area contributed by atoms with Crippen LogP contribution in [-0.4, -0.2) is 34.3 Å². The Kier molecular flexibility index (Phi) is 3.92. The minimum absolute atomic E-state index is 0.0394. The van der Waals surface area contributed by atoms with Crippen molar-refractivity contribution in [2.75, 3.05) is 5.88 Å². The quantitative estimate of drug-likeness (QED) is 0.745. The molecule has 0 heterocycles. The number of aliphatic hydroxyl groups excluding tert-OH is 1. The summed E-state index contributed by atoms with van der Waals surface area (Å²) in [6, 6.07) is 0. The second-order valence-electron chi connectivity index (χ2n) is 8.68. The number of ketones is 2. The summed E-state index contributed by atoms with van der Waals surface area (Å²) in [6.45, 7) is 3.77. The van der Waals surface area contributed by atoms with E-state index in [1.807, 2.05) is 13.0 Å². The summed E-state index contributed by atoms with van der Waals surface area (Å²) >= 11 is 5.78. The largest absolute Gasteiger partial charge is 0.390 e. The molecule has 3 nitrogen and oxygen atoms in total. The molecule has 0 bridgehead atoms. The van der Waals surface area contributed by atoms with E-state index in [0.29, 0.717) is 24.8 Å². The van der Waals surface area contributed by atoms with Crippen LogP contribution in [0, 0.1) is 22.7 Å². The van der Waals surface area contributed by atoms with Crippen molar-refractivity contribution in [2.45, 2.75) is 51.3 Å². The van der Waals surface area contributed by atoms with Gasteiger partial charge in [0.2, 0.25) is 0 Å². The number of alkyl halides is 2. The minimum Gasteiger partial charge on any atom is -0.390 e. The van der Waals surface area contributed by atoms with Crippen LogP contribution in [0.25, 0.3) is 0 Å². The second kappa shape index (κ2) is 5.62. The topological polar surface area (TPSA) is 54.4 Å². The van der Waals surface area contributed by atoms with Gasteiger partial charge >= 0.3 is 0 Å². The highest BCUT2D eigenvalue weighted by molar-refractivity contribution is 6.30. The van der Waals surface area contributed by atoms with E-state index in [-0.39, 0.29) is 35.7 Å². The Morgan fingerprint density at radius 1 is 1.38 bits per heavy atom. The molecule has 140 valence electrons. The lowest BCUT2D eigenvalue weighted by Crippen LogP contribution is -2.66. The monoisotopic (exact) mass is 378 g/mol. The molecule has 5 heteroatoms. The van der Waals surface area contributed by atoms with Crippen LogP contribution in [0.5, 0.6) is 0 Å². The van der Waals surface area contributed by atoms with Gasteiger partial charge in [0.1, 0.15) is 0 Å². The molecule has 1 N–H and O–H groups in total. The SMILES string of the molecule is C[C@]12C=CC(=O)C=C1CC[C@H]1[C@@H]3CC=C(C(=O)CCl)[C@@]3(C)C[C@H](O)[C@@]12F. The molecule has 0 unspecified atom stereocenters. The average Bonchev–Trinajstić information content (AvgIpc) is 2.93. The van der Waals surface area contributed by atoms with Crippen LogP contribution in [0.1, 0.15) is 39.5 Å². The standard InChI is InChI=1S/C21H24ClFO3/c1-19-10-18(26)21(23)15(14(19)5-6-16(19)17(25)11-22)4-3-12-9-13(24)7-8-20(12,21)2/h6-9,14-15,18,26H,3-5,10-11H2,1-2H3/t14-,15-,18-,19-,20-,21-/m0/s1. The van der Waals surface area contributed by atoms with Crippen molar-refractivity contribution in [3.8, 4) is 0 Å². The number of halogens is 2. The average molecular weight is 379 g/mol. The van der Waals surface area contributed by atoms with E-state index in [0.717, 1.165) is 5.57 Å². The molecular formula is C21H24ClFO3. The fraction of sp³-hybridized carbons (Fsp3) is 0.619. The lowest BCUT2D eigenvalue weighted by Gasteiger charge is -2.61. The number of carbonyl (C=O) groups is 2. The molecule has 0 aromatic carbocycles. The number of fused-ring (bicyclic) bond motifs is 5. The van der Waals surface area contributed by atoms with Crippen LogP contribution in [0.2, 0.25) is 0 Å². The number of Topliss-reactive ketones (excluding diaryl/α,β-unsaturated/α-hetero) is 1. The minimum atomic E-state index is -1.84. The van der Waals surface area contributed by atoms with E-state index in [1.165, 1.54) is 12.2 Å². The van der Waals surface area contributed by atoms with Crippen LogP contribution in [0.15, 0.2) is 35.5 Å². The molecule has 4 aliphatic rings. The van der Waals surface area contributed by atoms with E-state index in [2.05, 4.69) is 0 Å². The number of carbonyl (C=O) groups excluding carboxylic acids is 2. The summed E-state index contributed by atoms with van der Waals surface area (Å²) in [5.41, 5.74) is -1.94. The second-order valence-corrected chi connectivity index (χ2v) is 8.94. The highest BCUT2D eigenvalue weighted by Gasteiger charge is 2.69. The lowest BCUT2D eigenvalue weighted by atomic mass is 9.45. The molecule has 6 atom stereocenters. The van der Waals surface area contributed by atoms with Crippen molar-refractivity contribution >= 4 is 23.2 Å². The highest BCUT2D eigenvalue weighted by atomic mass is 35.5. The van der Waals surface area contributed by atoms with Crippen molar-refractivity contribution < 1.29 is 19.1 Å². The Hall–Kier alpha value is -1.26. The van der Waals surface area contributed by atoms with Crippen molar-refractivity contribution in [3.63, 3.8) is 0 Å². The van der Waals surface area contributed by atoms with Crippen molar-refractivity contribution in [2.24, 2.45) is 22.7 Å². The summed E-state index contributed by atoms with van der Waals surface area (Å²) in [5, 5.41) is 11.0. The Morgan fingerprint density at radius 3 is 2.81 bits per heavy atom. The van der Waals surface area contributed by atoms with Gasteiger partial charge in [-0.05, 0) is 56.3 Å². The molecule has 0 saturated heterocycles. The molecule has 2 saturated carbocycles. The first kappa shape index (κ1) is 18.1. The Morgan fingerprint density at radius 2 is 2.12 bits per heavy atom. The summed E-state index contributed by atoms with van der Waals surface area (Å²) in [4.78, 5) is 24.1. The van der Waals surface area contributed by atoms with Crippen molar-refractivity contribution in [1.29, 1.82) is 0 Å². The molecular weight excluding hydrogens is 355 g/mol. The van der Waals surface area contributed by atoms with Crippen molar-refractivity contribution in [1.82, 2.24) is 0 Å².